The number of nitrogens with zero attached hydrogens (tertiary/aromatic N) is 2. The zero-order chi connectivity index (χ0) is 16.9. The molecule has 0 aliphatic carbocycles. The van der Waals surface area contributed by atoms with E-state index in [1.807, 2.05) is 0 Å². The maximum atomic E-state index is 13.7. The minimum Gasteiger partial charge on any atom is -0.489 e. The minimum atomic E-state index is -0.391. The molecule has 0 atom stereocenters. The number of hydrogen-bond donors (Lipinski definition) is 0. The summed E-state index contributed by atoms with van der Waals surface area (Å²) in [4.78, 5) is 4.05. The molecule has 0 unspecified atom stereocenters. The molecular formula is C17H14ClFN2O3. The van der Waals surface area contributed by atoms with E-state index in [2.05, 4.69) is 10.1 Å². The standard InChI is InChI=1S/C17H14ClFN2O3/c1-11-20-17(24-21-11)10-23-13-7-5-12(6-8-13)22-9-14-15(18)3-2-4-16(14)19/h2-8H,9-10H2,1H3. The average molecular weight is 349 g/mol. The maximum Gasteiger partial charge on any atom is 0.264 e. The van der Waals surface area contributed by atoms with Crippen LogP contribution in [-0.2, 0) is 13.2 Å². The van der Waals surface area contributed by atoms with E-state index in [9.17, 15) is 4.39 Å². The summed E-state index contributed by atoms with van der Waals surface area (Å²) >= 11 is 5.96. The Kier molecular flexibility index (Phi) is 4.96. The fourth-order valence-electron chi connectivity index (χ4n) is 2.00. The maximum absolute atomic E-state index is 13.7. The Balaban J connectivity index is 1.56. The Morgan fingerprint density at radius 2 is 1.71 bits per heavy atom. The molecule has 0 amide bonds. The van der Waals surface area contributed by atoms with Crippen molar-refractivity contribution in [1.82, 2.24) is 10.1 Å². The van der Waals surface area contributed by atoms with Gasteiger partial charge in [-0.05, 0) is 43.3 Å². The summed E-state index contributed by atoms with van der Waals surface area (Å²) in [5, 5.41) is 4.02. The van der Waals surface area contributed by atoms with Crippen molar-refractivity contribution in [3.05, 3.63) is 70.6 Å². The predicted molar refractivity (Wildman–Crippen MR) is 85.6 cm³/mol. The summed E-state index contributed by atoms with van der Waals surface area (Å²) in [6, 6.07) is 11.5. The van der Waals surface area contributed by atoms with Crippen molar-refractivity contribution in [3.8, 4) is 11.5 Å². The Labute approximate surface area is 143 Å². The van der Waals surface area contributed by atoms with Gasteiger partial charge in [0.05, 0.1) is 5.02 Å². The molecule has 0 radical (unpaired) electrons. The lowest BCUT2D eigenvalue weighted by atomic mass is 10.2. The third-order valence-electron chi connectivity index (χ3n) is 3.20. The van der Waals surface area contributed by atoms with E-state index in [1.54, 1.807) is 43.3 Å². The third-order valence-corrected chi connectivity index (χ3v) is 3.55. The van der Waals surface area contributed by atoms with E-state index in [4.69, 9.17) is 25.6 Å². The largest absolute Gasteiger partial charge is 0.489 e. The normalized spacial score (nSPS) is 10.6. The number of ether oxygens (including phenoxy) is 2. The molecule has 1 heterocycles. The quantitative estimate of drug-likeness (QED) is 0.663. The highest BCUT2D eigenvalue weighted by atomic mass is 35.5. The van der Waals surface area contributed by atoms with Crippen LogP contribution in [0.5, 0.6) is 11.5 Å². The molecule has 3 aromatic rings. The van der Waals surface area contributed by atoms with Crippen LogP contribution in [-0.4, -0.2) is 10.1 Å². The van der Waals surface area contributed by atoms with Gasteiger partial charge in [0.25, 0.3) is 5.89 Å². The lowest BCUT2D eigenvalue weighted by Crippen LogP contribution is -2.00. The van der Waals surface area contributed by atoms with Gasteiger partial charge in [-0.1, -0.05) is 22.8 Å². The molecule has 7 heteroatoms. The van der Waals surface area contributed by atoms with Gasteiger partial charge in [-0.15, -0.1) is 0 Å². The first-order valence-electron chi connectivity index (χ1n) is 7.19. The first kappa shape index (κ1) is 16.3. The number of rotatable bonds is 6. The van der Waals surface area contributed by atoms with Crippen LogP contribution >= 0.6 is 11.6 Å². The molecule has 0 aliphatic rings. The summed E-state index contributed by atoms with van der Waals surface area (Å²) in [5.41, 5.74) is 0.325. The topological polar surface area (TPSA) is 57.4 Å². The van der Waals surface area contributed by atoms with Crippen LogP contribution < -0.4 is 9.47 Å². The van der Waals surface area contributed by atoms with Gasteiger partial charge in [0.2, 0.25) is 0 Å². The SMILES string of the molecule is Cc1noc(COc2ccc(OCc3c(F)cccc3Cl)cc2)n1. The van der Waals surface area contributed by atoms with Crippen molar-refractivity contribution in [2.45, 2.75) is 20.1 Å². The number of halogens is 2. The van der Waals surface area contributed by atoms with E-state index in [0.717, 1.165) is 0 Å². The minimum absolute atomic E-state index is 0.0486. The second kappa shape index (κ2) is 7.31. The van der Waals surface area contributed by atoms with Crippen molar-refractivity contribution in [2.24, 2.45) is 0 Å². The Morgan fingerprint density at radius 1 is 1.04 bits per heavy atom. The highest BCUT2D eigenvalue weighted by molar-refractivity contribution is 6.31. The molecule has 2 aromatic carbocycles. The lowest BCUT2D eigenvalue weighted by Gasteiger charge is -2.09. The van der Waals surface area contributed by atoms with E-state index in [1.165, 1.54) is 6.07 Å². The predicted octanol–water partition coefficient (Wildman–Crippen LogP) is 4.33. The molecule has 0 saturated heterocycles. The fourth-order valence-corrected chi connectivity index (χ4v) is 2.22. The van der Waals surface area contributed by atoms with Crippen LogP contribution in [0, 0.1) is 12.7 Å². The van der Waals surface area contributed by atoms with Crippen LogP contribution in [0.25, 0.3) is 0 Å². The Bertz CT molecular complexity index is 801. The van der Waals surface area contributed by atoms with Gasteiger partial charge in [0, 0.05) is 5.56 Å². The molecule has 0 saturated carbocycles. The molecular weight excluding hydrogens is 335 g/mol. The molecule has 0 fully saturated rings. The van der Waals surface area contributed by atoms with Gasteiger partial charge < -0.3 is 14.0 Å². The van der Waals surface area contributed by atoms with Crippen molar-refractivity contribution in [2.75, 3.05) is 0 Å². The molecule has 0 N–H and O–H groups in total. The average Bonchev–Trinajstić information content (AvgIpc) is 2.99. The second-order valence-corrected chi connectivity index (χ2v) is 5.39. The van der Waals surface area contributed by atoms with Gasteiger partial charge in [0.1, 0.15) is 23.9 Å². The van der Waals surface area contributed by atoms with Crippen molar-refractivity contribution < 1.29 is 18.4 Å². The van der Waals surface area contributed by atoms with Gasteiger partial charge >= 0.3 is 0 Å². The molecule has 24 heavy (non-hydrogen) atoms. The molecule has 0 aliphatic heterocycles. The molecule has 1 aromatic heterocycles. The summed E-state index contributed by atoms with van der Waals surface area (Å²) < 4.78 is 29.7. The summed E-state index contributed by atoms with van der Waals surface area (Å²) in [5.74, 6) is 1.78. The van der Waals surface area contributed by atoms with E-state index >= 15 is 0 Å². The zero-order valence-corrected chi connectivity index (χ0v) is 13.6. The van der Waals surface area contributed by atoms with Crippen molar-refractivity contribution in [1.29, 1.82) is 0 Å². The Morgan fingerprint density at radius 3 is 2.29 bits per heavy atom. The van der Waals surface area contributed by atoms with Crippen LogP contribution in [0.1, 0.15) is 17.3 Å². The first-order chi connectivity index (χ1) is 11.6. The summed E-state index contributed by atoms with van der Waals surface area (Å²) in [6.45, 7) is 1.97. The van der Waals surface area contributed by atoms with E-state index < -0.39 is 5.82 Å². The smallest absolute Gasteiger partial charge is 0.264 e. The third kappa shape index (κ3) is 4.02. The molecule has 5 nitrogen and oxygen atoms in total. The summed E-state index contributed by atoms with van der Waals surface area (Å²) in [7, 11) is 0. The van der Waals surface area contributed by atoms with Crippen LogP contribution in [0.2, 0.25) is 5.02 Å². The van der Waals surface area contributed by atoms with Crippen molar-refractivity contribution >= 4 is 11.6 Å². The fraction of sp³-hybridized carbons (Fsp3) is 0.176. The van der Waals surface area contributed by atoms with E-state index in [-0.39, 0.29) is 13.2 Å². The number of hydrogen-bond acceptors (Lipinski definition) is 5. The van der Waals surface area contributed by atoms with E-state index in [0.29, 0.717) is 33.8 Å². The van der Waals surface area contributed by atoms with Gasteiger partial charge in [-0.3, -0.25) is 0 Å². The number of aromatic nitrogens is 2. The Hall–Kier alpha value is -2.60. The zero-order valence-electron chi connectivity index (χ0n) is 12.8. The first-order valence-corrected chi connectivity index (χ1v) is 7.57. The number of aryl methyl sites for hydroxylation is 1. The molecule has 124 valence electrons. The number of benzene rings is 2. The van der Waals surface area contributed by atoms with Crippen LogP contribution in [0.3, 0.4) is 0 Å². The highest BCUT2D eigenvalue weighted by Gasteiger charge is 2.08. The molecule has 0 bridgehead atoms. The van der Waals surface area contributed by atoms with Crippen LogP contribution in [0.4, 0.5) is 4.39 Å². The lowest BCUT2D eigenvalue weighted by molar-refractivity contribution is 0.242. The monoisotopic (exact) mass is 348 g/mol. The second-order valence-electron chi connectivity index (χ2n) is 4.98. The van der Waals surface area contributed by atoms with Gasteiger partial charge in [-0.25, -0.2) is 4.39 Å². The van der Waals surface area contributed by atoms with Gasteiger partial charge in [0.15, 0.2) is 12.4 Å². The van der Waals surface area contributed by atoms with Crippen LogP contribution in [0.15, 0.2) is 47.0 Å². The molecule has 3 rings (SSSR count). The molecule has 0 spiro atoms. The highest BCUT2D eigenvalue weighted by Crippen LogP contribution is 2.23. The van der Waals surface area contributed by atoms with Crippen molar-refractivity contribution in [3.63, 3.8) is 0 Å². The summed E-state index contributed by atoms with van der Waals surface area (Å²) in [6.07, 6.45) is 0. The van der Waals surface area contributed by atoms with Gasteiger partial charge in [-0.2, -0.15) is 4.98 Å².